The number of hydrogen-bond donors (Lipinski definition) is 3. The van der Waals surface area contributed by atoms with E-state index in [-0.39, 0.29) is 5.95 Å². The summed E-state index contributed by atoms with van der Waals surface area (Å²) in [5, 5.41) is 10.8. The maximum absolute atomic E-state index is 12.4. The SMILES string of the molecule is O=C(O)Nc1nc2ccc(S(=O)Cc3ccccc3)cc2[nH]1. The summed E-state index contributed by atoms with van der Waals surface area (Å²) in [5.74, 6) is 0.578. The average Bonchev–Trinajstić information content (AvgIpc) is 2.88. The molecule has 0 aliphatic rings. The van der Waals surface area contributed by atoms with Gasteiger partial charge in [0.1, 0.15) is 0 Å². The van der Waals surface area contributed by atoms with Crippen molar-refractivity contribution in [3.63, 3.8) is 0 Å². The highest BCUT2D eigenvalue weighted by Crippen LogP contribution is 2.20. The van der Waals surface area contributed by atoms with Crippen molar-refractivity contribution in [1.29, 1.82) is 0 Å². The van der Waals surface area contributed by atoms with Crippen LogP contribution in [0, 0.1) is 0 Å². The lowest BCUT2D eigenvalue weighted by atomic mass is 10.2. The van der Waals surface area contributed by atoms with Crippen LogP contribution in [0.15, 0.2) is 53.4 Å². The molecule has 1 unspecified atom stereocenters. The zero-order chi connectivity index (χ0) is 15.5. The van der Waals surface area contributed by atoms with Gasteiger partial charge in [-0.15, -0.1) is 0 Å². The number of anilines is 1. The summed E-state index contributed by atoms with van der Waals surface area (Å²) in [6.45, 7) is 0. The van der Waals surface area contributed by atoms with E-state index in [1.165, 1.54) is 0 Å². The van der Waals surface area contributed by atoms with Crippen LogP contribution < -0.4 is 5.32 Å². The molecule has 6 nitrogen and oxygen atoms in total. The Morgan fingerprint density at radius 2 is 2.00 bits per heavy atom. The second-order valence-electron chi connectivity index (χ2n) is 4.67. The van der Waals surface area contributed by atoms with Crippen molar-refractivity contribution >= 4 is 33.9 Å². The molecule has 0 aliphatic carbocycles. The number of amides is 1. The van der Waals surface area contributed by atoms with Crippen LogP contribution in [0.2, 0.25) is 0 Å². The van der Waals surface area contributed by atoms with Crippen molar-refractivity contribution in [3.05, 3.63) is 54.1 Å². The number of nitrogens with zero attached hydrogens (tertiary/aromatic N) is 1. The highest BCUT2D eigenvalue weighted by Gasteiger charge is 2.09. The Balaban J connectivity index is 1.84. The molecule has 0 bridgehead atoms. The van der Waals surface area contributed by atoms with Crippen molar-refractivity contribution in [1.82, 2.24) is 9.97 Å². The third kappa shape index (κ3) is 3.15. The minimum atomic E-state index is -1.19. The smallest absolute Gasteiger partial charge is 0.411 e. The van der Waals surface area contributed by atoms with Crippen LogP contribution in [0.1, 0.15) is 5.56 Å². The van der Waals surface area contributed by atoms with Gasteiger partial charge in [0.2, 0.25) is 5.95 Å². The zero-order valence-electron chi connectivity index (χ0n) is 11.4. The minimum absolute atomic E-state index is 0.147. The number of aromatic nitrogens is 2. The molecule has 3 N–H and O–H groups in total. The van der Waals surface area contributed by atoms with Crippen LogP contribution in [0.3, 0.4) is 0 Å². The van der Waals surface area contributed by atoms with E-state index in [1.54, 1.807) is 18.2 Å². The van der Waals surface area contributed by atoms with Gasteiger partial charge in [-0.05, 0) is 23.8 Å². The van der Waals surface area contributed by atoms with Crippen LogP contribution in [-0.2, 0) is 16.6 Å². The molecule has 1 heterocycles. The Bertz CT molecular complexity index is 846. The number of fused-ring (bicyclic) bond motifs is 1. The normalized spacial score (nSPS) is 12.2. The number of hydrogen-bond acceptors (Lipinski definition) is 3. The van der Waals surface area contributed by atoms with Gasteiger partial charge in [0, 0.05) is 4.90 Å². The van der Waals surface area contributed by atoms with E-state index in [1.807, 2.05) is 30.3 Å². The van der Waals surface area contributed by atoms with Gasteiger partial charge >= 0.3 is 6.09 Å². The van der Waals surface area contributed by atoms with Gasteiger partial charge in [-0.1, -0.05) is 30.3 Å². The van der Waals surface area contributed by atoms with Crippen LogP contribution in [0.5, 0.6) is 0 Å². The van der Waals surface area contributed by atoms with Crippen molar-refractivity contribution in [2.45, 2.75) is 10.6 Å². The van der Waals surface area contributed by atoms with E-state index >= 15 is 0 Å². The lowest BCUT2D eigenvalue weighted by Crippen LogP contribution is -2.08. The second-order valence-corrected chi connectivity index (χ2v) is 6.12. The first-order chi connectivity index (χ1) is 10.6. The van der Waals surface area contributed by atoms with Crippen LogP contribution in [0.4, 0.5) is 10.7 Å². The summed E-state index contributed by atoms with van der Waals surface area (Å²) in [7, 11) is -1.18. The molecule has 22 heavy (non-hydrogen) atoms. The largest absolute Gasteiger partial charge is 0.465 e. The summed E-state index contributed by atoms with van der Waals surface area (Å²) in [4.78, 5) is 18.2. The molecular formula is C15H13N3O3S. The lowest BCUT2D eigenvalue weighted by molar-refractivity contribution is 0.209. The fraction of sp³-hybridized carbons (Fsp3) is 0.0667. The van der Waals surface area contributed by atoms with Crippen molar-refractivity contribution < 1.29 is 14.1 Å². The molecule has 7 heteroatoms. The van der Waals surface area contributed by atoms with Gasteiger partial charge in [0.05, 0.1) is 27.6 Å². The molecule has 3 aromatic rings. The van der Waals surface area contributed by atoms with Gasteiger partial charge in [0.25, 0.3) is 0 Å². The predicted octanol–water partition coefficient (Wildman–Crippen LogP) is 2.96. The van der Waals surface area contributed by atoms with Crippen molar-refractivity contribution in [2.75, 3.05) is 5.32 Å². The van der Waals surface area contributed by atoms with E-state index in [2.05, 4.69) is 15.3 Å². The molecule has 0 saturated heterocycles. The van der Waals surface area contributed by atoms with Crippen LogP contribution in [-0.4, -0.2) is 25.4 Å². The molecule has 3 rings (SSSR count). The first kappa shape index (κ1) is 14.3. The number of imidazole rings is 1. The number of carboxylic acid groups (broad SMARTS) is 1. The highest BCUT2D eigenvalue weighted by molar-refractivity contribution is 7.84. The van der Waals surface area contributed by atoms with Gasteiger partial charge in [0.15, 0.2) is 0 Å². The molecule has 1 aromatic heterocycles. The molecule has 0 radical (unpaired) electrons. The average molecular weight is 315 g/mol. The molecule has 1 atom stereocenters. The molecule has 0 spiro atoms. The Kier molecular flexibility index (Phi) is 3.88. The topological polar surface area (TPSA) is 95.1 Å². The fourth-order valence-electron chi connectivity index (χ4n) is 2.10. The molecule has 112 valence electrons. The van der Waals surface area contributed by atoms with Gasteiger partial charge in [-0.3, -0.25) is 9.53 Å². The molecule has 0 saturated carbocycles. The number of H-pyrrole nitrogens is 1. The first-order valence-electron chi connectivity index (χ1n) is 6.54. The lowest BCUT2D eigenvalue weighted by Gasteiger charge is -2.02. The Hall–Kier alpha value is -2.67. The Morgan fingerprint density at radius 3 is 2.73 bits per heavy atom. The summed E-state index contributed by atoms with van der Waals surface area (Å²) in [6.07, 6.45) is -1.19. The quantitative estimate of drug-likeness (QED) is 0.690. The van der Waals surface area contributed by atoms with E-state index in [9.17, 15) is 9.00 Å². The molecule has 0 fully saturated rings. The Labute approximate surface area is 128 Å². The molecule has 0 aliphatic heterocycles. The zero-order valence-corrected chi connectivity index (χ0v) is 12.3. The number of carbonyl (C=O) groups is 1. The number of benzene rings is 2. The van der Waals surface area contributed by atoms with E-state index in [4.69, 9.17) is 5.11 Å². The highest BCUT2D eigenvalue weighted by atomic mass is 32.2. The summed E-state index contributed by atoms with van der Waals surface area (Å²) in [6, 6.07) is 14.8. The summed E-state index contributed by atoms with van der Waals surface area (Å²) in [5.41, 5.74) is 2.26. The third-order valence-corrected chi connectivity index (χ3v) is 4.46. The monoisotopic (exact) mass is 315 g/mol. The maximum atomic E-state index is 12.4. The van der Waals surface area contributed by atoms with Crippen molar-refractivity contribution in [2.24, 2.45) is 0 Å². The number of rotatable bonds is 4. The van der Waals surface area contributed by atoms with Crippen LogP contribution in [0.25, 0.3) is 11.0 Å². The minimum Gasteiger partial charge on any atom is -0.465 e. The summed E-state index contributed by atoms with van der Waals surface area (Å²) < 4.78 is 12.4. The predicted molar refractivity (Wildman–Crippen MR) is 84.3 cm³/mol. The van der Waals surface area contributed by atoms with Gasteiger partial charge in [-0.25, -0.2) is 9.78 Å². The number of aromatic amines is 1. The first-order valence-corrected chi connectivity index (χ1v) is 7.86. The van der Waals surface area contributed by atoms with E-state index < -0.39 is 16.9 Å². The van der Waals surface area contributed by atoms with Gasteiger partial charge in [-0.2, -0.15) is 0 Å². The van der Waals surface area contributed by atoms with Crippen LogP contribution >= 0.6 is 0 Å². The van der Waals surface area contributed by atoms with Crippen molar-refractivity contribution in [3.8, 4) is 0 Å². The van der Waals surface area contributed by atoms with E-state index in [0.29, 0.717) is 21.7 Å². The fourth-order valence-corrected chi connectivity index (χ4v) is 3.23. The summed E-state index contributed by atoms with van der Waals surface area (Å²) >= 11 is 0. The standard InChI is InChI=1S/C15H13N3O3S/c19-15(20)18-14-16-12-7-6-11(8-13(12)17-14)22(21)9-10-4-2-1-3-5-10/h1-8H,9H2,(H,19,20)(H2,16,17,18). The van der Waals surface area contributed by atoms with E-state index in [0.717, 1.165) is 5.56 Å². The third-order valence-electron chi connectivity index (χ3n) is 3.08. The molecule has 1 amide bonds. The maximum Gasteiger partial charge on any atom is 0.411 e. The molecule has 2 aromatic carbocycles. The van der Waals surface area contributed by atoms with Gasteiger partial charge < -0.3 is 10.1 Å². The number of nitrogens with one attached hydrogen (secondary N) is 2. The second kappa shape index (κ2) is 5.98. The molecular weight excluding hydrogens is 302 g/mol. The Morgan fingerprint density at radius 1 is 1.23 bits per heavy atom.